The molecule has 3 rings (SSSR count). The van der Waals surface area contributed by atoms with E-state index in [-0.39, 0.29) is 44.9 Å². The first kappa shape index (κ1) is 23.7. The molecule has 0 saturated carbocycles. The number of nitrogens with two attached hydrogens (primary N) is 1. The van der Waals surface area contributed by atoms with Crippen LogP contribution in [0.1, 0.15) is 33.3 Å². The van der Waals surface area contributed by atoms with Crippen LogP contribution in [0.15, 0.2) is 36.5 Å². The normalized spacial score (nSPS) is 10.7. The van der Waals surface area contributed by atoms with E-state index in [1.165, 1.54) is 36.5 Å². The minimum atomic E-state index is -0.767. The number of hydrogen-bond acceptors (Lipinski definition) is 4. The predicted molar refractivity (Wildman–Crippen MR) is 122 cm³/mol. The van der Waals surface area contributed by atoms with Crippen molar-refractivity contribution in [2.75, 3.05) is 12.3 Å². The summed E-state index contributed by atoms with van der Waals surface area (Å²) >= 11 is 18.2. The molecule has 0 spiro atoms. The van der Waals surface area contributed by atoms with Gasteiger partial charge in [-0.2, -0.15) is 0 Å². The molecule has 0 aliphatic carbocycles. The summed E-state index contributed by atoms with van der Waals surface area (Å²) in [5.41, 5.74) is 6.29. The number of nitrogens with one attached hydrogen (secondary N) is 3. The Labute approximate surface area is 198 Å². The van der Waals surface area contributed by atoms with E-state index in [0.29, 0.717) is 17.3 Å². The van der Waals surface area contributed by atoms with E-state index in [2.05, 4.69) is 15.6 Å². The van der Waals surface area contributed by atoms with E-state index < -0.39 is 17.6 Å². The van der Waals surface area contributed by atoms with Crippen LogP contribution in [0.25, 0.3) is 0 Å². The Hall–Kier alpha value is -2.94. The van der Waals surface area contributed by atoms with Gasteiger partial charge in [0.15, 0.2) is 11.6 Å². The average Bonchev–Trinajstić information content (AvgIpc) is 3.11. The first-order valence-electron chi connectivity index (χ1n) is 9.35. The van der Waals surface area contributed by atoms with E-state index in [1.807, 2.05) is 0 Å². The summed E-state index contributed by atoms with van der Waals surface area (Å²) in [6, 6.07) is 7.29. The number of halogens is 4. The minimum Gasteiger partial charge on any atom is -0.453 e. The molecular formula is C21H18Cl3FN4O3. The molecule has 11 heteroatoms. The lowest BCUT2D eigenvalue weighted by Crippen LogP contribution is -2.25. The molecule has 1 heterocycles. The van der Waals surface area contributed by atoms with Crippen LogP contribution in [0.2, 0.25) is 15.1 Å². The fraction of sp³-hybridized carbons (Fsp3) is 0.143. The van der Waals surface area contributed by atoms with E-state index >= 15 is 4.39 Å². The zero-order chi connectivity index (χ0) is 23.4. The van der Waals surface area contributed by atoms with Gasteiger partial charge in [-0.25, -0.2) is 4.39 Å². The second kappa shape index (κ2) is 10.1. The van der Waals surface area contributed by atoms with Crippen molar-refractivity contribution in [2.45, 2.75) is 13.5 Å². The Morgan fingerprint density at radius 2 is 1.88 bits per heavy atom. The van der Waals surface area contributed by atoms with Gasteiger partial charge in [0.1, 0.15) is 11.4 Å². The number of hydrogen-bond donors (Lipinski definition) is 4. The monoisotopic (exact) mass is 498 g/mol. The lowest BCUT2D eigenvalue weighted by atomic mass is 10.2. The summed E-state index contributed by atoms with van der Waals surface area (Å²) in [7, 11) is 0. The van der Waals surface area contributed by atoms with Crippen LogP contribution in [0, 0.1) is 5.82 Å². The van der Waals surface area contributed by atoms with Crippen LogP contribution >= 0.6 is 34.8 Å². The molecule has 5 N–H and O–H groups in total. The molecular weight excluding hydrogens is 482 g/mol. The summed E-state index contributed by atoms with van der Waals surface area (Å²) in [6.45, 7) is 1.97. The van der Waals surface area contributed by atoms with Crippen molar-refractivity contribution in [3.05, 3.63) is 74.2 Å². The number of nitrogen functional groups attached to an aromatic ring is 1. The molecule has 2 aromatic carbocycles. The van der Waals surface area contributed by atoms with Crippen LogP contribution in [0.3, 0.4) is 0 Å². The Balaban J connectivity index is 1.77. The number of H-pyrrole nitrogens is 1. The van der Waals surface area contributed by atoms with Crippen molar-refractivity contribution in [1.82, 2.24) is 15.6 Å². The highest BCUT2D eigenvalue weighted by molar-refractivity contribution is 6.36. The third kappa shape index (κ3) is 5.27. The van der Waals surface area contributed by atoms with E-state index in [9.17, 15) is 9.59 Å². The molecule has 0 atom stereocenters. The maximum absolute atomic E-state index is 15.0. The summed E-state index contributed by atoms with van der Waals surface area (Å²) in [4.78, 5) is 27.1. The quantitative estimate of drug-likeness (QED) is 0.336. The van der Waals surface area contributed by atoms with Gasteiger partial charge in [-0.3, -0.25) is 9.59 Å². The summed E-state index contributed by atoms with van der Waals surface area (Å²) in [5, 5.41) is 5.44. The first-order valence-corrected chi connectivity index (χ1v) is 10.5. The SMILES string of the molecule is CCNC(=O)c1c[nH]c(C(=O)NCc2ccc(Cl)c(Oc3cc(N)cc(Cl)c3)c2F)c1Cl. The van der Waals surface area contributed by atoms with Crippen LogP contribution in [-0.2, 0) is 6.54 Å². The molecule has 168 valence electrons. The number of aromatic amines is 1. The number of aromatic nitrogens is 1. The fourth-order valence-electron chi connectivity index (χ4n) is 2.82. The second-order valence-corrected chi connectivity index (χ2v) is 7.83. The molecule has 0 unspecified atom stereocenters. The van der Waals surface area contributed by atoms with Gasteiger partial charge < -0.3 is 26.1 Å². The molecule has 0 aliphatic rings. The van der Waals surface area contributed by atoms with Gasteiger partial charge in [-0.05, 0) is 25.1 Å². The molecule has 0 bridgehead atoms. The number of ether oxygens (including phenoxy) is 1. The van der Waals surface area contributed by atoms with Gasteiger partial charge in [0, 0.05) is 41.6 Å². The van der Waals surface area contributed by atoms with Crippen LogP contribution in [0.5, 0.6) is 11.5 Å². The highest BCUT2D eigenvalue weighted by Gasteiger charge is 2.21. The van der Waals surface area contributed by atoms with E-state index in [4.69, 9.17) is 45.3 Å². The third-order valence-corrected chi connectivity index (χ3v) is 5.22. The van der Waals surface area contributed by atoms with Crippen molar-refractivity contribution in [2.24, 2.45) is 0 Å². The van der Waals surface area contributed by atoms with Crippen LogP contribution in [0.4, 0.5) is 10.1 Å². The highest BCUT2D eigenvalue weighted by atomic mass is 35.5. The van der Waals surface area contributed by atoms with Gasteiger partial charge in [0.25, 0.3) is 11.8 Å². The topological polar surface area (TPSA) is 109 Å². The molecule has 32 heavy (non-hydrogen) atoms. The molecule has 0 radical (unpaired) electrons. The summed E-state index contributed by atoms with van der Waals surface area (Å²) in [6.07, 6.45) is 1.33. The molecule has 0 fully saturated rings. The zero-order valence-corrected chi connectivity index (χ0v) is 19.0. The van der Waals surface area contributed by atoms with Crippen molar-refractivity contribution in [3.63, 3.8) is 0 Å². The second-order valence-electron chi connectivity index (χ2n) is 6.61. The van der Waals surface area contributed by atoms with E-state index in [1.54, 1.807) is 6.92 Å². The Bertz CT molecular complexity index is 1160. The molecule has 0 saturated heterocycles. The zero-order valence-electron chi connectivity index (χ0n) is 16.7. The highest BCUT2D eigenvalue weighted by Crippen LogP contribution is 2.35. The van der Waals surface area contributed by atoms with Crippen LogP contribution < -0.4 is 21.1 Å². The number of anilines is 1. The van der Waals surface area contributed by atoms with Gasteiger partial charge in [-0.15, -0.1) is 0 Å². The molecule has 1 aromatic heterocycles. The average molecular weight is 500 g/mol. The Morgan fingerprint density at radius 1 is 1.12 bits per heavy atom. The van der Waals surface area contributed by atoms with Crippen molar-refractivity contribution >= 4 is 52.3 Å². The van der Waals surface area contributed by atoms with Gasteiger partial charge in [0.2, 0.25) is 0 Å². The van der Waals surface area contributed by atoms with Gasteiger partial charge in [0.05, 0.1) is 15.6 Å². The lowest BCUT2D eigenvalue weighted by molar-refractivity contribution is 0.0945. The van der Waals surface area contributed by atoms with Crippen molar-refractivity contribution in [3.8, 4) is 11.5 Å². The largest absolute Gasteiger partial charge is 0.453 e. The minimum absolute atomic E-state index is 0.0202. The van der Waals surface area contributed by atoms with Crippen molar-refractivity contribution in [1.29, 1.82) is 0 Å². The molecule has 7 nitrogen and oxygen atoms in total. The molecule has 2 amide bonds. The first-order chi connectivity index (χ1) is 15.2. The van der Waals surface area contributed by atoms with Gasteiger partial charge in [-0.1, -0.05) is 40.9 Å². The Kier molecular flexibility index (Phi) is 7.50. The smallest absolute Gasteiger partial charge is 0.269 e. The molecule has 0 aliphatic heterocycles. The fourth-order valence-corrected chi connectivity index (χ4v) is 3.52. The number of rotatable bonds is 7. The number of amides is 2. The number of carbonyl (C=O) groups excluding carboxylic acids is 2. The predicted octanol–water partition coefficient (Wildman–Crippen LogP) is 5.17. The van der Waals surface area contributed by atoms with Gasteiger partial charge >= 0.3 is 0 Å². The number of carbonyl (C=O) groups is 2. The lowest BCUT2D eigenvalue weighted by Gasteiger charge is -2.13. The molecule has 3 aromatic rings. The summed E-state index contributed by atoms with van der Waals surface area (Å²) < 4.78 is 20.6. The van der Waals surface area contributed by atoms with Crippen LogP contribution in [-0.4, -0.2) is 23.3 Å². The maximum Gasteiger partial charge on any atom is 0.269 e. The maximum atomic E-state index is 15.0. The van der Waals surface area contributed by atoms with Crippen molar-refractivity contribution < 1.29 is 18.7 Å². The summed E-state index contributed by atoms with van der Waals surface area (Å²) in [5.74, 6) is -1.84. The van der Waals surface area contributed by atoms with E-state index in [0.717, 1.165) is 0 Å². The number of benzene rings is 2. The third-order valence-electron chi connectivity index (χ3n) is 4.31. The Morgan fingerprint density at radius 3 is 2.56 bits per heavy atom. The standard InChI is InChI=1S/C21H18Cl3FN4O3/c1-2-27-20(30)14-9-28-18(16(14)24)21(31)29-8-10-3-4-15(23)19(17(10)25)32-13-6-11(22)5-12(26)7-13/h3-7,9,28H,2,8,26H2,1H3,(H,27,30)(H,29,31).